The second kappa shape index (κ2) is 4.97. The van der Waals surface area contributed by atoms with Gasteiger partial charge in [0.1, 0.15) is 12.4 Å². The molecule has 1 aromatic rings. The van der Waals surface area contributed by atoms with E-state index in [1.807, 2.05) is 0 Å². The Labute approximate surface area is 106 Å². The van der Waals surface area contributed by atoms with E-state index in [1.54, 1.807) is 13.8 Å². The van der Waals surface area contributed by atoms with Crippen molar-refractivity contribution in [3.05, 3.63) is 32.5 Å². The van der Waals surface area contributed by atoms with Crippen molar-refractivity contribution in [3.63, 3.8) is 0 Å². The van der Waals surface area contributed by atoms with Crippen molar-refractivity contribution in [1.82, 2.24) is 0 Å². The summed E-state index contributed by atoms with van der Waals surface area (Å²) in [5.41, 5.74) is 4.65. The predicted molar refractivity (Wildman–Crippen MR) is 64.5 cm³/mol. The molecule has 0 aliphatic rings. The van der Waals surface area contributed by atoms with Crippen LogP contribution in [0.25, 0.3) is 0 Å². The maximum absolute atomic E-state index is 13.2. The number of hydrogen-bond acceptors (Lipinski definition) is 4. The summed E-state index contributed by atoms with van der Waals surface area (Å²) in [7, 11) is 0. The van der Waals surface area contributed by atoms with E-state index in [9.17, 15) is 14.5 Å². The quantitative estimate of drug-likeness (QED) is 0.685. The van der Waals surface area contributed by atoms with Crippen molar-refractivity contribution in [3.8, 4) is 5.75 Å². The molecule has 0 saturated carbocycles. The average molecular weight is 307 g/mol. The average Bonchev–Trinajstić information content (AvgIpc) is 2.17. The Morgan fingerprint density at radius 3 is 2.65 bits per heavy atom. The Morgan fingerprint density at radius 2 is 2.18 bits per heavy atom. The van der Waals surface area contributed by atoms with Crippen LogP contribution in [0.15, 0.2) is 16.6 Å². The third-order valence-electron chi connectivity index (χ3n) is 1.80. The van der Waals surface area contributed by atoms with E-state index < -0.39 is 22.0 Å². The first-order valence-electron chi connectivity index (χ1n) is 4.76. The van der Waals surface area contributed by atoms with Gasteiger partial charge >= 0.3 is 5.69 Å². The number of nitrogens with zero attached hydrogens (tertiary/aromatic N) is 1. The lowest BCUT2D eigenvalue weighted by Gasteiger charge is -2.19. The van der Waals surface area contributed by atoms with Crippen molar-refractivity contribution in [1.29, 1.82) is 0 Å². The standard InChI is InChI=1S/C10H12BrFN2O3/c1-10(2,13)5-17-9-3-6(11)7(12)4-8(9)14(15)16/h3-4H,5,13H2,1-2H3. The number of halogens is 2. The van der Waals surface area contributed by atoms with E-state index in [2.05, 4.69) is 15.9 Å². The highest BCUT2D eigenvalue weighted by Crippen LogP contribution is 2.32. The van der Waals surface area contributed by atoms with E-state index >= 15 is 0 Å². The highest BCUT2D eigenvalue weighted by atomic mass is 79.9. The number of rotatable bonds is 4. The van der Waals surface area contributed by atoms with E-state index in [0.29, 0.717) is 0 Å². The Hall–Kier alpha value is -1.21. The predicted octanol–water partition coefficient (Wildman–Crippen LogP) is 2.61. The molecule has 0 atom stereocenters. The summed E-state index contributed by atoms with van der Waals surface area (Å²) in [5, 5.41) is 10.7. The smallest absolute Gasteiger partial charge is 0.313 e. The first-order chi connectivity index (χ1) is 7.70. The zero-order valence-corrected chi connectivity index (χ0v) is 11.0. The highest BCUT2D eigenvalue weighted by Gasteiger charge is 2.21. The summed E-state index contributed by atoms with van der Waals surface area (Å²) < 4.78 is 18.5. The molecule has 0 aromatic heterocycles. The van der Waals surface area contributed by atoms with E-state index in [1.165, 1.54) is 6.07 Å². The topological polar surface area (TPSA) is 78.4 Å². The molecule has 5 nitrogen and oxygen atoms in total. The van der Waals surface area contributed by atoms with Crippen molar-refractivity contribution >= 4 is 21.6 Å². The fraction of sp³-hybridized carbons (Fsp3) is 0.400. The van der Waals surface area contributed by atoms with Crippen LogP contribution >= 0.6 is 15.9 Å². The van der Waals surface area contributed by atoms with Crippen LogP contribution in [-0.4, -0.2) is 17.1 Å². The largest absolute Gasteiger partial charge is 0.485 e. The summed E-state index contributed by atoms with van der Waals surface area (Å²) in [5.74, 6) is -0.724. The van der Waals surface area contributed by atoms with Crippen molar-refractivity contribution in [2.45, 2.75) is 19.4 Å². The highest BCUT2D eigenvalue weighted by molar-refractivity contribution is 9.10. The maximum Gasteiger partial charge on any atom is 0.313 e. The molecule has 2 N–H and O–H groups in total. The van der Waals surface area contributed by atoms with Gasteiger partial charge in [0.15, 0.2) is 5.75 Å². The second-order valence-electron chi connectivity index (χ2n) is 4.27. The summed E-state index contributed by atoms with van der Waals surface area (Å²) in [6, 6.07) is 2.03. The first kappa shape index (κ1) is 13.9. The minimum atomic E-state index is -0.712. The number of ether oxygens (including phenoxy) is 1. The van der Waals surface area contributed by atoms with E-state index in [0.717, 1.165) is 6.07 Å². The zero-order valence-electron chi connectivity index (χ0n) is 9.37. The molecule has 1 rings (SSSR count). The number of nitro benzene ring substituents is 1. The first-order valence-corrected chi connectivity index (χ1v) is 5.55. The normalized spacial score (nSPS) is 11.4. The number of benzene rings is 1. The monoisotopic (exact) mass is 306 g/mol. The Balaban J connectivity index is 3.05. The minimum absolute atomic E-state index is 0.0122. The van der Waals surface area contributed by atoms with Gasteiger partial charge < -0.3 is 10.5 Å². The molecule has 94 valence electrons. The molecule has 0 saturated heterocycles. The molecular weight excluding hydrogens is 295 g/mol. The van der Waals surface area contributed by atoms with Gasteiger partial charge in [-0.25, -0.2) is 4.39 Å². The van der Waals surface area contributed by atoms with Gasteiger partial charge in [-0.05, 0) is 29.8 Å². The maximum atomic E-state index is 13.2. The van der Waals surface area contributed by atoms with Crippen LogP contribution in [0.5, 0.6) is 5.75 Å². The number of nitrogens with two attached hydrogens (primary N) is 1. The van der Waals surface area contributed by atoms with E-state index in [-0.39, 0.29) is 16.8 Å². The molecule has 0 heterocycles. The third kappa shape index (κ3) is 3.94. The summed E-state index contributed by atoms with van der Waals surface area (Å²) in [6.45, 7) is 3.53. The third-order valence-corrected chi connectivity index (χ3v) is 2.41. The Bertz CT molecular complexity index is 446. The molecule has 7 heteroatoms. The number of hydrogen-bond donors (Lipinski definition) is 1. The van der Waals surface area contributed by atoms with E-state index in [4.69, 9.17) is 10.5 Å². The van der Waals surface area contributed by atoms with Crippen LogP contribution in [0.3, 0.4) is 0 Å². The van der Waals surface area contributed by atoms with Crippen molar-refractivity contribution in [2.75, 3.05) is 6.61 Å². The minimum Gasteiger partial charge on any atom is -0.485 e. The lowest BCUT2D eigenvalue weighted by molar-refractivity contribution is -0.386. The van der Waals surface area contributed by atoms with Gasteiger partial charge in [-0.2, -0.15) is 0 Å². The van der Waals surface area contributed by atoms with Gasteiger partial charge in [-0.15, -0.1) is 0 Å². The van der Waals surface area contributed by atoms with Gasteiger partial charge in [-0.3, -0.25) is 10.1 Å². The van der Waals surface area contributed by atoms with Crippen molar-refractivity contribution in [2.24, 2.45) is 5.73 Å². The Kier molecular flexibility index (Phi) is 4.05. The fourth-order valence-electron chi connectivity index (χ4n) is 1.04. The Morgan fingerprint density at radius 1 is 1.59 bits per heavy atom. The van der Waals surface area contributed by atoms with Crippen LogP contribution < -0.4 is 10.5 Å². The summed E-state index contributed by atoms with van der Waals surface area (Å²) >= 11 is 2.94. The lowest BCUT2D eigenvalue weighted by atomic mass is 10.1. The molecular formula is C10H12BrFN2O3. The van der Waals surface area contributed by atoms with Crippen LogP contribution in [0, 0.1) is 15.9 Å². The molecule has 1 aromatic carbocycles. The van der Waals surface area contributed by atoms with Crippen LogP contribution in [0.1, 0.15) is 13.8 Å². The van der Waals surface area contributed by atoms with Gasteiger partial charge in [0.05, 0.1) is 15.5 Å². The molecule has 0 aliphatic heterocycles. The SMILES string of the molecule is CC(C)(N)COc1cc(Br)c(F)cc1[N+](=O)[O-]. The second-order valence-corrected chi connectivity index (χ2v) is 5.12. The molecule has 0 amide bonds. The molecule has 17 heavy (non-hydrogen) atoms. The molecule has 0 bridgehead atoms. The van der Waals surface area contributed by atoms with Gasteiger partial charge in [0, 0.05) is 11.6 Å². The lowest BCUT2D eigenvalue weighted by Crippen LogP contribution is -2.38. The molecule has 0 fully saturated rings. The molecule has 0 aliphatic carbocycles. The molecule has 0 spiro atoms. The van der Waals surface area contributed by atoms with Crippen LogP contribution in [0.2, 0.25) is 0 Å². The molecule has 0 radical (unpaired) electrons. The van der Waals surface area contributed by atoms with Gasteiger partial charge in [0.25, 0.3) is 0 Å². The van der Waals surface area contributed by atoms with Crippen LogP contribution in [-0.2, 0) is 0 Å². The van der Waals surface area contributed by atoms with Gasteiger partial charge in [0.2, 0.25) is 0 Å². The fourth-order valence-corrected chi connectivity index (χ4v) is 1.36. The van der Waals surface area contributed by atoms with Gasteiger partial charge in [-0.1, -0.05) is 0 Å². The number of nitro groups is 1. The van der Waals surface area contributed by atoms with Crippen molar-refractivity contribution < 1.29 is 14.1 Å². The summed E-state index contributed by atoms with van der Waals surface area (Å²) in [6.07, 6.45) is 0. The van der Waals surface area contributed by atoms with Crippen LogP contribution in [0.4, 0.5) is 10.1 Å². The molecule has 0 unspecified atom stereocenters. The summed E-state index contributed by atoms with van der Waals surface area (Å²) in [4.78, 5) is 10.0. The zero-order chi connectivity index (χ0) is 13.2.